The topological polar surface area (TPSA) is 53.3 Å². The van der Waals surface area contributed by atoms with Crippen molar-refractivity contribution in [1.82, 2.24) is 4.90 Å². The number of amides is 1. The number of hydrogen-bond donors (Lipinski definition) is 0. The average Bonchev–Trinajstić information content (AvgIpc) is 2.16. The van der Waals surface area contributed by atoms with E-state index in [4.69, 9.17) is 10.00 Å². The quantitative estimate of drug-likeness (QED) is 0.643. The van der Waals surface area contributed by atoms with Gasteiger partial charge in [0, 0.05) is 13.1 Å². The van der Waals surface area contributed by atoms with Crippen LogP contribution in [0.3, 0.4) is 0 Å². The number of nitrogens with zero attached hydrogens (tertiary/aromatic N) is 2. The summed E-state index contributed by atoms with van der Waals surface area (Å²) in [6, 6.07) is 2.02. The van der Waals surface area contributed by atoms with Gasteiger partial charge in [-0.05, 0) is 20.8 Å². The maximum Gasteiger partial charge on any atom is 0.248 e. The summed E-state index contributed by atoms with van der Waals surface area (Å²) < 4.78 is 5.19. The van der Waals surface area contributed by atoms with Gasteiger partial charge in [-0.1, -0.05) is 0 Å². The smallest absolute Gasteiger partial charge is 0.248 e. The van der Waals surface area contributed by atoms with Crippen molar-refractivity contribution < 1.29 is 9.53 Å². The summed E-state index contributed by atoms with van der Waals surface area (Å²) in [7, 11) is 0. The van der Waals surface area contributed by atoms with Crippen LogP contribution in [-0.2, 0) is 9.53 Å². The molecule has 0 aliphatic carbocycles. The van der Waals surface area contributed by atoms with Gasteiger partial charge in [-0.2, -0.15) is 5.26 Å². The Hall–Kier alpha value is -1.08. The Labute approximate surface area is 85.5 Å². The Morgan fingerprint density at radius 1 is 1.57 bits per heavy atom. The van der Waals surface area contributed by atoms with Gasteiger partial charge < -0.3 is 9.64 Å². The summed E-state index contributed by atoms with van der Waals surface area (Å²) in [6.07, 6.45) is 0.440. The molecule has 4 heteroatoms. The number of carbonyl (C=O) groups excluding carboxylic acids is 1. The second-order valence-corrected chi connectivity index (χ2v) is 3.24. The number of nitriles is 1. The SMILES string of the molecule is CCN(CCC#N)C(=O)COC(C)C. The van der Waals surface area contributed by atoms with Crippen LogP contribution < -0.4 is 0 Å². The Bertz CT molecular complexity index is 209. The largest absolute Gasteiger partial charge is 0.369 e. The van der Waals surface area contributed by atoms with Gasteiger partial charge >= 0.3 is 0 Å². The molecule has 4 nitrogen and oxygen atoms in total. The summed E-state index contributed by atoms with van der Waals surface area (Å²) in [6.45, 7) is 6.90. The van der Waals surface area contributed by atoms with E-state index in [2.05, 4.69) is 0 Å². The average molecular weight is 198 g/mol. The number of likely N-dealkylation sites (N-methyl/N-ethyl adjacent to an activating group) is 1. The molecule has 80 valence electrons. The molecule has 0 N–H and O–H groups in total. The second-order valence-electron chi connectivity index (χ2n) is 3.24. The molecule has 0 aliphatic heterocycles. The molecule has 0 saturated heterocycles. The number of carbonyl (C=O) groups is 1. The standard InChI is InChI=1S/C10H18N2O2/c1-4-12(7-5-6-11)10(13)8-14-9(2)3/h9H,4-5,7-8H2,1-3H3. The first-order valence-corrected chi connectivity index (χ1v) is 4.88. The second kappa shape index (κ2) is 7.34. The van der Waals surface area contributed by atoms with Crippen molar-refractivity contribution in [2.45, 2.75) is 33.3 Å². The zero-order chi connectivity index (χ0) is 11.0. The summed E-state index contributed by atoms with van der Waals surface area (Å²) in [5, 5.41) is 8.39. The maximum absolute atomic E-state index is 11.5. The van der Waals surface area contributed by atoms with Crippen LogP contribution in [0.2, 0.25) is 0 Å². The molecule has 0 aromatic heterocycles. The lowest BCUT2D eigenvalue weighted by Crippen LogP contribution is -2.35. The molecule has 0 bridgehead atoms. The lowest BCUT2D eigenvalue weighted by Gasteiger charge is -2.19. The van der Waals surface area contributed by atoms with E-state index in [0.29, 0.717) is 19.5 Å². The molecule has 1 amide bonds. The first kappa shape index (κ1) is 12.9. The lowest BCUT2D eigenvalue weighted by atomic mass is 10.4. The van der Waals surface area contributed by atoms with E-state index in [0.717, 1.165) is 0 Å². The minimum Gasteiger partial charge on any atom is -0.369 e. The molecule has 0 atom stereocenters. The van der Waals surface area contributed by atoms with Crippen molar-refractivity contribution in [3.63, 3.8) is 0 Å². The molecule has 0 unspecified atom stereocenters. The molecular formula is C10H18N2O2. The minimum absolute atomic E-state index is 0.0450. The predicted molar refractivity (Wildman–Crippen MR) is 53.6 cm³/mol. The Kier molecular flexibility index (Phi) is 6.77. The molecule has 0 rings (SSSR count). The van der Waals surface area contributed by atoms with Crippen LogP contribution in [0.1, 0.15) is 27.2 Å². The van der Waals surface area contributed by atoms with Crippen LogP contribution in [0.15, 0.2) is 0 Å². The molecular weight excluding hydrogens is 180 g/mol. The molecule has 0 aromatic rings. The first-order valence-electron chi connectivity index (χ1n) is 4.88. The molecule has 0 heterocycles. The van der Waals surface area contributed by atoms with Gasteiger partial charge in [-0.15, -0.1) is 0 Å². The van der Waals surface area contributed by atoms with E-state index < -0.39 is 0 Å². The highest BCUT2D eigenvalue weighted by atomic mass is 16.5. The van der Waals surface area contributed by atoms with Gasteiger partial charge in [0.15, 0.2) is 0 Å². The number of rotatable bonds is 6. The van der Waals surface area contributed by atoms with Crippen LogP contribution >= 0.6 is 0 Å². The number of ether oxygens (including phenoxy) is 1. The normalized spacial score (nSPS) is 9.93. The van der Waals surface area contributed by atoms with Crippen LogP contribution in [0, 0.1) is 11.3 Å². The minimum atomic E-state index is -0.0450. The number of hydrogen-bond acceptors (Lipinski definition) is 3. The summed E-state index contributed by atoms with van der Waals surface area (Å²) in [5.74, 6) is -0.0450. The van der Waals surface area contributed by atoms with Crippen molar-refractivity contribution in [1.29, 1.82) is 5.26 Å². The van der Waals surface area contributed by atoms with Gasteiger partial charge in [0.2, 0.25) is 5.91 Å². The van der Waals surface area contributed by atoms with Crippen LogP contribution in [0.5, 0.6) is 0 Å². The van der Waals surface area contributed by atoms with E-state index in [9.17, 15) is 4.79 Å². The molecule has 0 aliphatic rings. The van der Waals surface area contributed by atoms with Gasteiger partial charge in [-0.25, -0.2) is 0 Å². The maximum atomic E-state index is 11.5. The van der Waals surface area contributed by atoms with Crippen molar-refractivity contribution >= 4 is 5.91 Å². The van der Waals surface area contributed by atoms with E-state index in [1.807, 2.05) is 26.8 Å². The summed E-state index contributed by atoms with van der Waals surface area (Å²) in [5.41, 5.74) is 0. The third-order valence-corrected chi connectivity index (χ3v) is 1.77. The van der Waals surface area contributed by atoms with Crippen LogP contribution in [0.25, 0.3) is 0 Å². The molecule has 0 saturated carbocycles. The molecule has 14 heavy (non-hydrogen) atoms. The molecule has 0 spiro atoms. The predicted octanol–water partition coefficient (Wildman–Crippen LogP) is 1.17. The fraction of sp³-hybridized carbons (Fsp3) is 0.800. The van der Waals surface area contributed by atoms with E-state index in [-0.39, 0.29) is 18.6 Å². The van der Waals surface area contributed by atoms with Gasteiger partial charge in [0.25, 0.3) is 0 Å². The highest BCUT2D eigenvalue weighted by Gasteiger charge is 2.11. The Morgan fingerprint density at radius 3 is 2.64 bits per heavy atom. The van der Waals surface area contributed by atoms with E-state index >= 15 is 0 Å². The van der Waals surface area contributed by atoms with Crippen LogP contribution in [-0.4, -0.2) is 36.6 Å². The third-order valence-electron chi connectivity index (χ3n) is 1.77. The van der Waals surface area contributed by atoms with Crippen molar-refractivity contribution in [3.8, 4) is 6.07 Å². The molecule has 0 aromatic carbocycles. The van der Waals surface area contributed by atoms with Crippen molar-refractivity contribution in [2.75, 3.05) is 19.7 Å². The van der Waals surface area contributed by atoms with E-state index in [1.54, 1.807) is 4.90 Å². The highest BCUT2D eigenvalue weighted by Crippen LogP contribution is 1.95. The van der Waals surface area contributed by atoms with E-state index in [1.165, 1.54) is 0 Å². The summed E-state index contributed by atoms with van der Waals surface area (Å²) in [4.78, 5) is 13.1. The third kappa shape index (κ3) is 5.55. The zero-order valence-electron chi connectivity index (χ0n) is 9.12. The van der Waals surface area contributed by atoms with Crippen molar-refractivity contribution in [3.05, 3.63) is 0 Å². The van der Waals surface area contributed by atoms with Crippen molar-refractivity contribution in [2.24, 2.45) is 0 Å². The lowest BCUT2D eigenvalue weighted by molar-refractivity contribution is -0.137. The summed E-state index contributed by atoms with van der Waals surface area (Å²) >= 11 is 0. The fourth-order valence-corrected chi connectivity index (χ4v) is 0.973. The Morgan fingerprint density at radius 2 is 2.21 bits per heavy atom. The molecule has 0 radical (unpaired) electrons. The fourth-order valence-electron chi connectivity index (χ4n) is 0.973. The highest BCUT2D eigenvalue weighted by molar-refractivity contribution is 5.77. The van der Waals surface area contributed by atoms with Crippen LogP contribution in [0.4, 0.5) is 0 Å². The molecule has 0 fully saturated rings. The Balaban J connectivity index is 3.86. The first-order chi connectivity index (χ1) is 6.61. The van der Waals surface area contributed by atoms with Gasteiger partial charge in [0.05, 0.1) is 18.6 Å². The zero-order valence-corrected chi connectivity index (χ0v) is 9.12. The van der Waals surface area contributed by atoms with Gasteiger partial charge in [-0.3, -0.25) is 4.79 Å². The van der Waals surface area contributed by atoms with Gasteiger partial charge in [0.1, 0.15) is 6.61 Å². The monoisotopic (exact) mass is 198 g/mol.